The Labute approximate surface area is 268 Å². The monoisotopic (exact) mass is 625 g/mol. The molecule has 4 aromatic rings. The first-order valence-corrected chi connectivity index (χ1v) is 16.9. The number of hydrogen-bond donors (Lipinski definition) is 1. The highest BCUT2D eigenvalue weighted by Crippen LogP contribution is 2.27. The molecule has 0 aliphatic heterocycles. The van der Waals surface area contributed by atoms with Crippen LogP contribution in [0.25, 0.3) is 0 Å². The van der Waals surface area contributed by atoms with Crippen LogP contribution in [0.1, 0.15) is 55.4 Å². The SMILES string of the molecule is CCCNC(=O)C(Cc1ccccc1)N(Cc1ccccc1C)C(=O)CN(c1ccc(C(C)C)cc1)S(=O)(=O)c1ccccc1. The third kappa shape index (κ3) is 8.60. The third-order valence-electron chi connectivity index (χ3n) is 7.88. The zero-order valence-electron chi connectivity index (χ0n) is 26.5. The molecule has 0 aromatic heterocycles. The van der Waals surface area contributed by atoms with Gasteiger partial charge in [-0.2, -0.15) is 0 Å². The minimum atomic E-state index is -4.13. The molecule has 1 N–H and O–H groups in total. The van der Waals surface area contributed by atoms with E-state index in [4.69, 9.17) is 0 Å². The number of nitrogens with one attached hydrogen (secondary N) is 1. The van der Waals surface area contributed by atoms with E-state index in [1.165, 1.54) is 17.0 Å². The van der Waals surface area contributed by atoms with E-state index in [2.05, 4.69) is 19.2 Å². The fourth-order valence-electron chi connectivity index (χ4n) is 5.16. The second-order valence-electron chi connectivity index (χ2n) is 11.5. The second kappa shape index (κ2) is 15.5. The number of aryl methyl sites for hydroxylation is 1. The van der Waals surface area contributed by atoms with Crippen LogP contribution in [0, 0.1) is 6.92 Å². The van der Waals surface area contributed by atoms with Gasteiger partial charge < -0.3 is 10.2 Å². The highest BCUT2D eigenvalue weighted by molar-refractivity contribution is 7.92. The Morgan fingerprint density at radius 3 is 2.00 bits per heavy atom. The Bertz CT molecular complexity index is 1660. The largest absolute Gasteiger partial charge is 0.354 e. The Balaban J connectivity index is 1.80. The van der Waals surface area contributed by atoms with Crippen LogP contribution in [0.3, 0.4) is 0 Å². The first kappa shape index (κ1) is 33.5. The van der Waals surface area contributed by atoms with E-state index in [0.29, 0.717) is 12.2 Å². The van der Waals surface area contributed by atoms with Gasteiger partial charge in [-0.1, -0.05) is 106 Å². The Morgan fingerprint density at radius 2 is 1.40 bits per heavy atom. The van der Waals surface area contributed by atoms with Crippen molar-refractivity contribution in [2.24, 2.45) is 0 Å². The molecule has 0 aliphatic rings. The molecular formula is C37H43N3O4S. The lowest BCUT2D eigenvalue weighted by Gasteiger charge is -2.34. The highest BCUT2D eigenvalue weighted by atomic mass is 32.2. The number of nitrogens with zero attached hydrogens (tertiary/aromatic N) is 2. The van der Waals surface area contributed by atoms with Crippen molar-refractivity contribution >= 4 is 27.5 Å². The fraction of sp³-hybridized carbons (Fsp3) is 0.297. The van der Waals surface area contributed by atoms with Crippen molar-refractivity contribution < 1.29 is 18.0 Å². The van der Waals surface area contributed by atoms with Gasteiger partial charge in [-0.25, -0.2) is 8.42 Å². The average molecular weight is 626 g/mol. The van der Waals surface area contributed by atoms with Crippen molar-refractivity contribution in [1.82, 2.24) is 10.2 Å². The molecule has 0 aliphatic carbocycles. The number of amides is 2. The molecule has 236 valence electrons. The average Bonchev–Trinajstić information content (AvgIpc) is 3.05. The molecule has 45 heavy (non-hydrogen) atoms. The van der Waals surface area contributed by atoms with Crippen molar-refractivity contribution in [3.05, 3.63) is 131 Å². The maximum absolute atomic E-state index is 14.5. The molecule has 0 saturated carbocycles. The first-order chi connectivity index (χ1) is 21.6. The number of sulfonamides is 1. The molecule has 1 atom stereocenters. The lowest BCUT2D eigenvalue weighted by Crippen LogP contribution is -2.53. The molecule has 0 fully saturated rings. The maximum Gasteiger partial charge on any atom is 0.264 e. The van der Waals surface area contributed by atoms with E-state index in [1.54, 1.807) is 30.3 Å². The number of carbonyl (C=O) groups excluding carboxylic acids is 2. The second-order valence-corrected chi connectivity index (χ2v) is 13.4. The summed E-state index contributed by atoms with van der Waals surface area (Å²) in [6.07, 6.45) is 1.02. The molecule has 8 heteroatoms. The minimum Gasteiger partial charge on any atom is -0.354 e. The van der Waals surface area contributed by atoms with Crippen molar-refractivity contribution in [1.29, 1.82) is 0 Å². The topological polar surface area (TPSA) is 86.8 Å². The van der Waals surface area contributed by atoms with Gasteiger partial charge in [-0.3, -0.25) is 13.9 Å². The highest BCUT2D eigenvalue weighted by Gasteiger charge is 2.34. The number of anilines is 1. The van der Waals surface area contributed by atoms with Crippen LogP contribution in [0.15, 0.2) is 114 Å². The van der Waals surface area contributed by atoms with E-state index in [-0.39, 0.29) is 29.7 Å². The van der Waals surface area contributed by atoms with Gasteiger partial charge in [-0.15, -0.1) is 0 Å². The van der Waals surface area contributed by atoms with E-state index in [9.17, 15) is 18.0 Å². The number of benzene rings is 4. The molecule has 0 spiro atoms. The lowest BCUT2D eigenvalue weighted by molar-refractivity contribution is -0.140. The number of hydrogen-bond acceptors (Lipinski definition) is 4. The third-order valence-corrected chi connectivity index (χ3v) is 9.67. The van der Waals surface area contributed by atoms with E-state index in [1.807, 2.05) is 80.6 Å². The standard InChI is InChI=1S/C37H43N3O4S/c1-5-24-38-37(42)35(25-30-15-8-6-9-16-30)39(26-32-17-13-12-14-29(32)4)36(41)27-40(33-22-20-31(21-23-33)28(2)3)45(43,44)34-18-10-7-11-19-34/h6-23,28,35H,5,24-27H2,1-4H3,(H,38,42). The quantitative estimate of drug-likeness (QED) is 0.174. The van der Waals surface area contributed by atoms with E-state index in [0.717, 1.165) is 33.0 Å². The molecule has 0 heterocycles. The van der Waals surface area contributed by atoms with Crippen LogP contribution in [0.4, 0.5) is 5.69 Å². The van der Waals surface area contributed by atoms with Gasteiger partial charge in [0.25, 0.3) is 10.0 Å². The summed E-state index contributed by atoms with van der Waals surface area (Å²) in [5.41, 5.74) is 4.18. The number of rotatable bonds is 14. The summed E-state index contributed by atoms with van der Waals surface area (Å²) >= 11 is 0. The summed E-state index contributed by atoms with van der Waals surface area (Å²) < 4.78 is 29.4. The maximum atomic E-state index is 14.5. The smallest absolute Gasteiger partial charge is 0.264 e. The molecule has 0 bridgehead atoms. The molecule has 2 amide bonds. The van der Waals surface area contributed by atoms with Gasteiger partial charge in [0.05, 0.1) is 10.6 Å². The van der Waals surface area contributed by atoms with Crippen LogP contribution < -0.4 is 9.62 Å². The van der Waals surface area contributed by atoms with Crippen molar-refractivity contribution in [3.8, 4) is 0 Å². The summed E-state index contributed by atoms with van der Waals surface area (Å²) in [5, 5.41) is 2.98. The van der Waals surface area contributed by atoms with E-state index >= 15 is 0 Å². The molecule has 1 unspecified atom stereocenters. The van der Waals surface area contributed by atoms with E-state index < -0.39 is 28.5 Å². The normalized spacial score (nSPS) is 12.0. The fourth-order valence-corrected chi connectivity index (χ4v) is 6.60. The van der Waals surface area contributed by atoms with Crippen LogP contribution in [0.2, 0.25) is 0 Å². The molecule has 7 nitrogen and oxygen atoms in total. The predicted molar refractivity (Wildman–Crippen MR) is 180 cm³/mol. The van der Waals surface area contributed by atoms with Gasteiger partial charge in [0, 0.05) is 19.5 Å². The van der Waals surface area contributed by atoms with Crippen LogP contribution >= 0.6 is 0 Å². The Morgan fingerprint density at radius 1 is 0.800 bits per heavy atom. The predicted octanol–water partition coefficient (Wildman–Crippen LogP) is 6.48. The molecule has 4 aromatic carbocycles. The Kier molecular flexibility index (Phi) is 11.5. The lowest BCUT2D eigenvalue weighted by atomic mass is 10.0. The van der Waals surface area contributed by atoms with Gasteiger partial charge >= 0.3 is 0 Å². The van der Waals surface area contributed by atoms with Gasteiger partial charge in [0.15, 0.2) is 0 Å². The molecule has 0 saturated heterocycles. The van der Waals surface area contributed by atoms with Gasteiger partial charge in [-0.05, 0) is 65.8 Å². The zero-order chi connectivity index (χ0) is 32.4. The summed E-state index contributed by atoms with van der Waals surface area (Å²) in [6, 6.07) is 31.8. The Hall–Kier alpha value is -4.43. The summed E-state index contributed by atoms with van der Waals surface area (Å²) in [7, 11) is -4.13. The molecule has 0 radical (unpaired) electrons. The first-order valence-electron chi connectivity index (χ1n) is 15.4. The number of carbonyl (C=O) groups is 2. The zero-order valence-corrected chi connectivity index (χ0v) is 27.3. The van der Waals surface area contributed by atoms with Crippen molar-refractivity contribution in [2.45, 2.75) is 63.9 Å². The molecular weight excluding hydrogens is 582 g/mol. The summed E-state index contributed by atoms with van der Waals surface area (Å²) in [4.78, 5) is 29.9. The minimum absolute atomic E-state index is 0.0812. The van der Waals surface area contributed by atoms with Gasteiger partial charge in [0.1, 0.15) is 12.6 Å². The van der Waals surface area contributed by atoms with Crippen LogP contribution in [-0.2, 0) is 32.6 Å². The molecule has 4 rings (SSSR count). The van der Waals surface area contributed by atoms with Crippen molar-refractivity contribution in [2.75, 3.05) is 17.4 Å². The summed E-state index contributed by atoms with van der Waals surface area (Å²) in [6.45, 7) is 8.20. The van der Waals surface area contributed by atoms with Gasteiger partial charge in [0.2, 0.25) is 11.8 Å². The van der Waals surface area contributed by atoms with Crippen LogP contribution in [-0.4, -0.2) is 44.3 Å². The van der Waals surface area contributed by atoms with Crippen LogP contribution in [0.5, 0.6) is 0 Å². The summed E-state index contributed by atoms with van der Waals surface area (Å²) in [5.74, 6) is -0.496. The van der Waals surface area contributed by atoms with Crippen molar-refractivity contribution in [3.63, 3.8) is 0 Å².